The van der Waals surface area contributed by atoms with Crippen LogP contribution < -0.4 is 5.73 Å². The van der Waals surface area contributed by atoms with Crippen molar-refractivity contribution in [3.05, 3.63) is 35.5 Å². The molecule has 2 rings (SSSR count). The minimum atomic E-state index is -0.305. The number of hydrogen-bond acceptors (Lipinski definition) is 4. The molecule has 0 saturated carbocycles. The Morgan fingerprint density at radius 2 is 2.05 bits per heavy atom. The number of halogens is 1. The summed E-state index contributed by atoms with van der Waals surface area (Å²) in [5.41, 5.74) is 7.39. The number of rotatable bonds is 4. The van der Waals surface area contributed by atoms with Gasteiger partial charge in [-0.25, -0.2) is 4.39 Å². The Balaban J connectivity index is 2.21. The number of nitrogens with two attached hydrogens (primary N) is 1. The maximum absolute atomic E-state index is 13.3. The molecule has 0 saturated heterocycles. The van der Waals surface area contributed by atoms with E-state index < -0.39 is 0 Å². The topological polar surface area (TPSA) is 64.9 Å². The van der Waals surface area contributed by atoms with Gasteiger partial charge in [-0.05, 0) is 36.6 Å². The van der Waals surface area contributed by atoms with Gasteiger partial charge in [-0.15, -0.1) is 0 Å². The van der Waals surface area contributed by atoms with E-state index in [0.717, 1.165) is 5.56 Å². The molecule has 0 spiro atoms. The van der Waals surface area contributed by atoms with Crippen LogP contribution in [0, 0.1) is 18.7 Å². The Morgan fingerprint density at radius 1 is 1.32 bits per heavy atom. The van der Waals surface area contributed by atoms with Gasteiger partial charge in [-0.1, -0.05) is 19.0 Å². The normalized spacial score (nSPS) is 12.9. The van der Waals surface area contributed by atoms with E-state index in [1.807, 2.05) is 26.8 Å². The molecule has 0 aliphatic heterocycles. The van der Waals surface area contributed by atoms with Crippen molar-refractivity contribution in [2.45, 2.75) is 33.2 Å². The zero-order valence-corrected chi connectivity index (χ0v) is 11.4. The van der Waals surface area contributed by atoms with E-state index in [2.05, 4.69) is 10.1 Å². The third-order valence-corrected chi connectivity index (χ3v) is 3.04. The summed E-state index contributed by atoms with van der Waals surface area (Å²) >= 11 is 0. The summed E-state index contributed by atoms with van der Waals surface area (Å²) in [6.45, 7) is 5.90. The molecule has 0 radical (unpaired) electrons. The van der Waals surface area contributed by atoms with E-state index in [9.17, 15) is 4.39 Å². The van der Waals surface area contributed by atoms with Crippen molar-refractivity contribution in [1.29, 1.82) is 0 Å². The van der Waals surface area contributed by atoms with Crippen molar-refractivity contribution in [1.82, 2.24) is 10.1 Å². The van der Waals surface area contributed by atoms with Gasteiger partial charge >= 0.3 is 0 Å². The second-order valence-corrected chi connectivity index (χ2v) is 5.14. The second kappa shape index (κ2) is 5.48. The molecule has 0 amide bonds. The summed E-state index contributed by atoms with van der Waals surface area (Å²) in [6.07, 6.45) is 0.527. The smallest absolute Gasteiger partial charge is 0.228 e. The van der Waals surface area contributed by atoms with Gasteiger partial charge in [-0.3, -0.25) is 0 Å². The van der Waals surface area contributed by atoms with Crippen LogP contribution in [0.3, 0.4) is 0 Å². The highest BCUT2D eigenvalue weighted by molar-refractivity contribution is 5.55. The lowest BCUT2D eigenvalue weighted by Crippen LogP contribution is -2.28. The Labute approximate surface area is 111 Å². The number of nitrogens with zero attached hydrogens (tertiary/aromatic N) is 2. The molecule has 4 nitrogen and oxygen atoms in total. The summed E-state index contributed by atoms with van der Waals surface area (Å²) in [4.78, 5) is 4.26. The van der Waals surface area contributed by atoms with Gasteiger partial charge in [-0.2, -0.15) is 4.98 Å². The first-order valence-electron chi connectivity index (χ1n) is 6.31. The lowest BCUT2D eigenvalue weighted by Gasteiger charge is -2.11. The lowest BCUT2D eigenvalue weighted by atomic mass is 10.0. The van der Waals surface area contributed by atoms with Crippen LogP contribution in [0.15, 0.2) is 22.7 Å². The molecule has 1 aromatic heterocycles. The van der Waals surface area contributed by atoms with Crippen LogP contribution in [0.1, 0.15) is 25.3 Å². The monoisotopic (exact) mass is 263 g/mol. The third-order valence-electron chi connectivity index (χ3n) is 3.04. The standard InChI is InChI=1S/C14H18FN3O/c1-8(2)12(16)7-13-17-14(18-19-13)10-4-9(3)5-11(15)6-10/h4-6,8,12H,7,16H2,1-3H3. The first-order chi connectivity index (χ1) is 8.95. The largest absolute Gasteiger partial charge is 0.339 e. The van der Waals surface area contributed by atoms with Gasteiger partial charge in [0.15, 0.2) is 0 Å². The molecule has 19 heavy (non-hydrogen) atoms. The number of aromatic nitrogens is 2. The molecule has 5 heteroatoms. The lowest BCUT2D eigenvalue weighted by molar-refractivity contribution is 0.353. The molecule has 0 aliphatic rings. The van der Waals surface area contributed by atoms with E-state index in [-0.39, 0.29) is 11.9 Å². The molecule has 0 bridgehead atoms. The fourth-order valence-electron chi connectivity index (χ4n) is 1.76. The molecule has 0 aliphatic carbocycles. The van der Waals surface area contributed by atoms with E-state index in [1.54, 1.807) is 0 Å². The molecule has 2 aromatic rings. The Hall–Kier alpha value is -1.75. The molecule has 1 aromatic carbocycles. The van der Waals surface area contributed by atoms with Crippen LogP contribution >= 0.6 is 0 Å². The SMILES string of the molecule is Cc1cc(F)cc(-c2noc(CC(N)C(C)C)n2)c1. The van der Waals surface area contributed by atoms with Gasteiger partial charge < -0.3 is 10.3 Å². The third kappa shape index (κ3) is 3.38. The highest BCUT2D eigenvalue weighted by Gasteiger charge is 2.15. The van der Waals surface area contributed by atoms with Crippen LogP contribution in [-0.2, 0) is 6.42 Å². The zero-order valence-electron chi connectivity index (χ0n) is 11.4. The van der Waals surface area contributed by atoms with Crippen LogP contribution in [-0.4, -0.2) is 16.2 Å². The Kier molecular flexibility index (Phi) is 3.95. The van der Waals surface area contributed by atoms with Crippen LogP contribution in [0.5, 0.6) is 0 Å². The van der Waals surface area contributed by atoms with Gasteiger partial charge in [0.05, 0.1) is 0 Å². The summed E-state index contributed by atoms with van der Waals surface area (Å²) in [6, 6.07) is 4.64. The van der Waals surface area contributed by atoms with Crippen molar-refractivity contribution in [3.8, 4) is 11.4 Å². The van der Waals surface area contributed by atoms with Crippen molar-refractivity contribution in [3.63, 3.8) is 0 Å². The highest BCUT2D eigenvalue weighted by atomic mass is 19.1. The van der Waals surface area contributed by atoms with Crippen LogP contribution in [0.2, 0.25) is 0 Å². The van der Waals surface area contributed by atoms with Crippen molar-refractivity contribution < 1.29 is 8.91 Å². The van der Waals surface area contributed by atoms with Gasteiger partial charge in [0.1, 0.15) is 5.82 Å². The predicted molar refractivity (Wildman–Crippen MR) is 70.9 cm³/mol. The molecule has 102 valence electrons. The summed E-state index contributed by atoms with van der Waals surface area (Å²) in [7, 11) is 0. The number of aryl methyl sites for hydroxylation is 1. The van der Waals surface area contributed by atoms with Crippen molar-refractivity contribution in [2.24, 2.45) is 11.7 Å². The summed E-state index contributed by atoms with van der Waals surface area (Å²) in [5, 5.41) is 3.87. The van der Waals surface area contributed by atoms with E-state index in [4.69, 9.17) is 10.3 Å². The molecule has 1 unspecified atom stereocenters. The maximum atomic E-state index is 13.3. The van der Waals surface area contributed by atoms with Crippen molar-refractivity contribution >= 4 is 0 Å². The zero-order chi connectivity index (χ0) is 14.0. The number of benzene rings is 1. The van der Waals surface area contributed by atoms with Crippen molar-refractivity contribution in [2.75, 3.05) is 0 Å². The molecular weight excluding hydrogens is 245 g/mol. The molecular formula is C14H18FN3O. The second-order valence-electron chi connectivity index (χ2n) is 5.14. The quantitative estimate of drug-likeness (QED) is 0.921. The Bertz CT molecular complexity index is 545. The predicted octanol–water partition coefficient (Wildman–Crippen LogP) is 2.71. The average Bonchev–Trinajstić information content (AvgIpc) is 2.76. The molecule has 2 N–H and O–H groups in total. The van der Waals surface area contributed by atoms with E-state index >= 15 is 0 Å². The van der Waals surface area contributed by atoms with E-state index in [1.165, 1.54) is 12.1 Å². The fourth-order valence-corrected chi connectivity index (χ4v) is 1.76. The average molecular weight is 263 g/mol. The van der Waals surface area contributed by atoms with Gasteiger partial charge in [0, 0.05) is 18.0 Å². The summed E-state index contributed by atoms with van der Waals surface area (Å²) in [5.74, 6) is 0.915. The first kappa shape index (κ1) is 13.7. The Morgan fingerprint density at radius 3 is 2.68 bits per heavy atom. The van der Waals surface area contributed by atoms with Gasteiger partial charge in [0.25, 0.3) is 0 Å². The van der Waals surface area contributed by atoms with E-state index in [0.29, 0.717) is 29.6 Å². The molecule has 1 heterocycles. The number of hydrogen-bond donors (Lipinski definition) is 1. The highest BCUT2D eigenvalue weighted by Crippen LogP contribution is 2.19. The fraction of sp³-hybridized carbons (Fsp3) is 0.429. The first-order valence-corrected chi connectivity index (χ1v) is 6.31. The minimum Gasteiger partial charge on any atom is -0.339 e. The molecule has 1 atom stereocenters. The van der Waals surface area contributed by atoms with Crippen LogP contribution in [0.25, 0.3) is 11.4 Å². The van der Waals surface area contributed by atoms with Gasteiger partial charge in [0.2, 0.25) is 11.7 Å². The minimum absolute atomic E-state index is 0.0254. The maximum Gasteiger partial charge on any atom is 0.228 e. The molecule has 0 fully saturated rings. The summed E-state index contributed by atoms with van der Waals surface area (Å²) < 4.78 is 18.5. The van der Waals surface area contributed by atoms with Crippen LogP contribution in [0.4, 0.5) is 4.39 Å².